The fourth-order valence-electron chi connectivity index (χ4n) is 5.50. The predicted molar refractivity (Wildman–Crippen MR) is 135 cm³/mol. The van der Waals surface area contributed by atoms with Crippen LogP contribution in [0.15, 0.2) is 42.5 Å². The zero-order chi connectivity index (χ0) is 23.3. The van der Waals surface area contributed by atoms with Gasteiger partial charge in [0.15, 0.2) is 0 Å². The van der Waals surface area contributed by atoms with Gasteiger partial charge in [0, 0.05) is 0 Å². The first-order valence-corrected chi connectivity index (χ1v) is 13.5. The van der Waals surface area contributed by atoms with E-state index in [1.54, 1.807) is 0 Å². The summed E-state index contributed by atoms with van der Waals surface area (Å²) < 4.78 is 22.6. The summed E-state index contributed by atoms with van der Waals surface area (Å²) in [7, 11) is 0. The molecule has 4 nitrogen and oxygen atoms in total. The van der Waals surface area contributed by atoms with Gasteiger partial charge in [-0.25, -0.2) is 0 Å². The average molecular weight is 465 g/mol. The van der Waals surface area contributed by atoms with E-state index in [4.69, 9.17) is 18.9 Å². The molecule has 2 aromatic carbocycles. The van der Waals surface area contributed by atoms with Crippen LogP contribution in [0.2, 0.25) is 0 Å². The Balaban J connectivity index is 1.21. The molecule has 3 fully saturated rings. The molecule has 2 aliphatic heterocycles. The first kappa shape index (κ1) is 23.7. The normalized spacial score (nSPS) is 26.6. The van der Waals surface area contributed by atoms with Gasteiger partial charge in [-0.05, 0) is 91.2 Å². The highest BCUT2D eigenvalue weighted by Gasteiger charge is 2.27. The number of epoxide rings is 2. The molecule has 4 heteroatoms. The van der Waals surface area contributed by atoms with Crippen molar-refractivity contribution < 1.29 is 18.9 Å². The predicted octanol–water partition coefficient (Wildman–Crippen LogP) is 6.98. The van der Waals surface area contributed by atoms with Crippen LogP contribution in [-0.4, -0.2) is 38.6 Å². The molecule has 0 aromatic heterocycles. The molecule has 2 heterocycles. The minimum absolute atomic E-state index is 0.293. The van der Waals surface area contributed by atoms with Crippen molar-refractivity contribution in [2.24, 2.45) is 0 Å². The average Bonchev–Trinajstić information content (AvgIpc) is 3.81. The minimum atomic E-state index is 0.293. The van der Waals surface area contributed by atoms with Crippen molar-refractivity contribution in [2.75, 3.05) is 26.4 Å². The van der Waals surface area contributed by atoms with E-state index in [-0.39, 0.29) is 0 Å². The van der Waals surface area contributed by atoms with E-state index in [0.717, 1.165) is 31.1 Å². The van der Waals surface area contributed by atoms with Crippen molar-refractivity contribution in [3.8, 4) is 11.5 Å². The monoisotopic (exact) mass is 464 g/mol. The lowest BCUT2D eigenvalue weighted by Crippen LogP contribution is -2.13. The highest BCUT2D eigenvalue weighted by molar-refractivity contribution is 5.41. The Kier molecular flexibility index (Phi) is 7.76. The number of hydrogen-bond acceptors (Lipinski definition) is 4. The van der Waals surface area contributed by atoms with Crippen LogP contribution in [0.5, 0.6) is 11.5 Å². The van der Waals surface area contributed by atoms with Crippen molar-refractivity contribution in [3.63, 3.8) is 0 Å². The highest BCUT2D eigenvalue weighted by atomic mass is 16.6. The molecule has 1 saturated carbocycles. The van der Waals surface area contributed by atoms with Crippen molar-refractivity contribution in [1.82, 2.24) is 0 Å². The first-order chi connectivity index (χ1) is 16.7. The molecule has 0 amide bonds. The van der Waals surface area contributed by atoms with Crippen LogP contribution in [0.3, 0.4) is 0 Å². The summed E-state index contributed by atoms with van der Waals surface area (Å²) in [6.07, 6.45) is 9.18. The quantitative estimate of drug-likeness (QED) is 0.318. The van der Waals surface area contributed by atoms with E-state index < -0.39 is 0 Å². The van der Waals surface area contributed by atoms with Crippen LogP contribution in [0, 0.1) is 0 Å². The zero-order valence-electron chi connectivity index (χ0n) is 20.8. The van der Waals surface area contributed by atoms with E-state index in [9.17, 15) is 0 Å². The third kappa shape index (κ3) is 6.14. The molecule has 3 unspecified atom stereocenters. The van der Waals surface area contributed by atoms with Gasteiger partial charge in [0.1, 0.15) is 36.9 Å². The molecule has 2 aromatic rings. The van der Waals surface area contributed by atoms with Crippen molar-refractivity contribution in [3.05, 3.63) is 59.2 Å². The van der Waals surface area contributed by atoms with Gasteiger partial charge in [-0.15, -0.1) is 0 Å². The Hall–Kier alpha value is -2.04. The summed E-state index contributed by atoms with van der Waals surface area (Å²) in [4.78, 5) is 0. The van der Waals surface area contributed by atoms with Crippen molar-refractivity contribution in [1.29, 1.82) is 0 Å². The van der Waals surface area contributed by atoms with Gasteiger partial charge >= 0.3 is 0 Å². The van der Waals surface area contributed by atoms with Gasteiger partial charge in [0.25, 0.3) is 0 Å². The van der Waals surface area contributed by atoms with E-state index in [1.807, 2.05) is 0 Å². The lowest BCUT2D eigenvalue weighted by Gasteiger charge is -2.30. The molecule has 0 bridgehead atoms. The Morgan fingerprint density at radius 1 is 0.794 bits per heavy atom. The number of benzene rings is 2. The van der Waals surface area contributed by atoms with E-state index >= 15 is 0 Å². The Morgan fingerprint density at radius 3 is 1.97 bits per heavy atom. The standard InChI is InChI=1S/C30H40O4/c1-3-5-21(4-2)29-16-25(12-15-30(29)34-20-28-19-33-28)24-8-6-22(7-9-24)23-10-13-26(14-11-23)31-17-27-18-32-27/h10-16,21-22,24,27-28H,3-9,17-20H2,1-2H3. The molecule has 0 spiro atoms. The summed E-state index contributed by atoms with van der Waals surface area (Å²) in [6.45, 7) is 7.62. The maximum Gasteiger partial charge on any atom is 0.122 e. The van der Waals surface area contributed by atoms with Crippen molar-refractivity contribution >= 4 is 0 Å². The Labute approximate surface area is 204 Å². The summed E-state index contributed by atoms with van der Waals surface area (Å²) in [5.74, 6) is 3.90. The lowest BCUT2D eigenvalue weighted by molar-refractivity contribution is 0.259. The van der Waals surface area contributed by atoms with Crippen LogP contribution in [0.1, 0.15) is 93.2 Å². The molecule has 5 rings (SSSR count). The second-order valence-electron chi connectivity index (χ2n) is 10.3. The minimum Gasteiger partial charge on any atom is -0.491 e. The smallest absolute Gasteiger partial charge is 0.122 e. The Bertz CT molecular complexity index is 908. The topological polar surface area (TPSA) is 43.5 Å². The fourth-order valence-corrected chi connectivity index (χ4v) is 5.50. The summed E-state index contributed by atoms with van der Waals surface area (Å²) >= 11 is 0. The van der Waals surface area contributed by atoms with Gasteiger partial charge in [-0.2, -0.15) is 0 Å². The fraction of sp³-hybridized carbons (Fsp3) is 0.600. The third-order valence-corrected chi connectivity index (χ3v) is 7.82. The zero-order valence-corrected chi connectivity index (χ0v) is 20.8. The van der Waals surface area contributed by atoms with Gasteiger partial charge in [0.05, 0.1) is 13.2 Å². The highest BCUT2D eigenvalue weighted by Crippen LogP contribution is 2.43. The number of hydrogen-bond donors (Lipinski definition) is 0. The molecule has 3 aliphatic rings. The second-order valence-corrected chi connectivity index (χ2v) is 10.3. The Morgan fingerprint density at radius 2 is 1.38 bits per heavy atom. The first-order valence-electron chi connectivity index (χ1n) is 13.5. The van der Waals surface area contributed by atoms with Gasteiger partial charge in [0.2, 0.25) is 0 Å². The summed E-state index contributed by atoms with van der Waals surface area (Å²) in [6, 6.07) is 15.8. The third-order valence-electron chi connectivity index (χ3n) is 7.82. The molecule has 184 valence electrons. The molecule has 3 atom stereocenters. The molecule has 34 heavy (non-hydrogen) atoms. The van der Waals surface area contributed by atoms with Crippen LogP contribution in [-0.2, 0) is 9.47 Å². The molecular formula is C30H40O4. The molecule has 1 aliphatic carbocycles. The van der Waals surface area contributed by atoms with E-state index in [0.29, 0.717) is 43.2 Å². The largest absolute Gasteiger partial charge is 0.491 e. The van der Waals surface area contributed by atoms with E-state index in [1.165, 1.54) is 55.2 Å². The van der Waals surface area contributed by atoms with Gasteiger partial charge in [-0.1, -0.05) is 44.5 Å². The lowest BCUT2D eigenvalue weighted by atomic mass is 9.75. The van der Waals surface area contributed by atoms with Crippen LogP contribution < -0.4 is 9.47 Å². The van der Waals surface area contributed by atoms with Crippen molar-refractivity contribution in [2.45, 2.75) is 88.8 Å². The van der Waals surface area contributed by atoms with Crippen LogP contribution in [0.25, 0.3) is 0 Å². The SMILES string of the molecule is CCCC(CC)c1cc(C2CCC(c3ccc(OCC4CO4)cc3)CC2)ccc1OCC1CO1. The number of ether oxygens (including phenoxy) is 4. The molecular weight excluding hydrogens is 424 g/mol. The van der Waals surface area contributed by atoms with Gasteiger partial charge < -0.3 is 18.9 Å². The van der Waals surface area contributed by atoms with Gasteiger partial charge in [-0.3, -0.25) is 0 Å². The van der Waals surface area contributed by atoms with E-state index in [2.05, 4.69) is 56.3 Å². The molecule has 0 N–H and O–H groups in total. The second kappa shape index (κ2) is 11.1. The maximum atomic E-state index is 6.21. The van der Waals surface area contributed by atoms with Crippen LogP contribution >= 0.6 is 0 Å². The molecule has 2 saturated heterocycles. The maximum absolute atomic E-state index is 6.21. The number of rotatable bonds is 12. The summed E-state index contributed by atoms with van der Waals surface area (Å²) in [5, 5.41) is 0. The van der Waals surface area contributed by atoms with Crippen LogP contribution in [0.4, 0.5) is 0 Å². The molecule has 0 radical (unpaired) electrons. The summed E-state index contributed by atoms with van der Waals surface area (Å²) in [5.41, 5.74) is 4.37.